The van der Waals surface area contributed by atoms with Crippen LogP contribution in [0.5, 0.6) is 5.75 Å². The summed E-state index contributed by atoms with van der Waals surface area (Å²) in [7, 11) is 0. The zero-order valence-electron chi connectivity index (χ0n) is 19.5. The summed E-state index contributed by atoms with van der Waals surface area (Å²) < 4.78 is 68.8. The second-order valence-electron chi connectivity index (χ2n) is 8.61. The molecule has 1 aliphatic carbocycles. The number of phenolic OH excluding ortho intramolecular Hbond substituents is 1. The Hall–Kier alpha value is -4.60. The third kappa shape index (κ3) is 4.72. The average Bonchev–Trinajstić information content (AvgIpc) is 2.92. The number of carbonyl (C=O) groups excluding carboxylic acids is 1. The summed E-state index contributed by atoms with van der Waals surface area (Å²) in [4.78, 5) is 21.9. The van der Waals surface area contributed by atoms with Crippen molar-refractivity contribution in [1.29, 1.82) is 0 Å². The van der Waals surface area contributed by atoms with Crippen LogP contribution >= 0.6 is 0 Å². The van der Waals surface area contributed by atoms with E-state index in [1.807, 2.05) is 30.3 Å². The van der Waals surface area contributed by atoms with E-state index in [0.717, 1.165) is 16.7 Å². The van der Waals surface area contributed by atoms with Crippen molar-refractivity contribution in [3.8, 4) is 17.0 Å². The van der Waals surface area contributed by atoms with Gasteiger partial charge in [-0.05, 0) is 48.2 Å². The van der Waals surface area contributed by atoms with Gasteiger partial charge < -0.3 is 10.4 Å². The number of aryl methyl sites for hydroxylation is 2. The highest BCUT2D eigenvalue weighted by molar-refractivity contribution is 5.94. The first-order chi connectivity index (χ1) is 18.2. The van der Waals surface area contributed by atoms with Crippen LogP contribution < -0.4 is 5.32 Å². The van der Waals surface area contributed by atoms with E-state index in [1.54, 1.807) is 24.3 Å². The quantitative estimate of drug-likeness (QED) is 0.191. The fourth-order valence-corrected chi connectivity index (χ4v) is 4.23. The number of nitrogens with zero attached hydrogens (tertiary/aromatic N) is 2. The highest BCUT2D eigenvalue weighted by Gasteiger charge is 2.28. The molecule has 1 aliphatic rings. The van der Waals surface area contributed by atoms with Crippen LogP contribution in [0.4, 0.5) is 27.8 Å². The summed E-state index contributed by atoms with van der Waals surface area (Å²) in [6.07, 6.45) is 3.17. The maximum absolute atomic E-state index is 14.1. The molecule has 0 radical (unpaired) electrons. The van der Waals surface area contributed by atoms with Gasteiger partial charge in [0.05, 0.1) is 17.8 Å². The molecule has 1 amide bonds. The number of hydrogen-bond acceptors (Lipinski definition) is 4. The summed E-state index contributed by atoms with van der Waals surface area (Å²) in [6.45, 7) is 0. The predicted octanol–water partition coefficient (Wildman–Crippen LogP) is 5.99. The van der Waals surface area contributed by atoms with Crippen molar-refractivity contribution in [3.63, 3.8) is 0 Å². The monoisotopic (exact) mass is 523 g/mol. The van der Waals surface area contributed by atoms with E-state index in [4.69, 9.17) is 0 Å². The van der Waals surface area contributed by atoms with Crippen molar-refractivity contribution in [2.24, 2.45) is 0 Å². The van der Waals surface area contributed by atoms with Gasteiger partial charge in [-0.25, -0.2) is 31.9 Å². The molecule has 3 aromatic carbocycles. The predicted molar refractivity (Wildman–Crippen MR) is 130 cm³/mol. The minimum absolute atomic E-state index is 0.0352. The molecular formula is C28H18F5N3O2. The fraction of sp³-hybridized carbons (Fsp3) is 0.107. The number of fused-ring (bicyclic) bond motifs is 3. The zero-order valence-corrected chi connectivity index (χ0v) is 19.5. The van der Waals surface area contributed by atoms with E-state index in [0.29, 0.717) is 24.2 Å². The number of nitrogens with one attached hydrogen (secondary N) is 1. The largest absolute Gasteiger partial charge is 0.508 e. The Kier molecular flexibility index (Phi) is 6.62. The lowest BCUT2D eigenvalue weighted by Gasteiger charge is -2.20. The second kappa shape index (κ2) is 10.0. The molecule has 0 spiro atoms. The Morgan fingerprint density at radius 3 is 2.26 bits per heavy atom. The van der Waals surface area contributed by atoms with Gasteiger partial charge in [0.2, 0.25) is 11.7 Å². The number of amides is 1. The van der Waals surface area contributed by atoms with Gasteiger partial charge in [0.1, 0.15) is 11.4 Å². The molecule has 0 bridgehead atoms. The zero-order chi connectivity index (χ0) is 27.0. The van der Waals surface area contributed by atoms with Crippen LogP contribution in [0.15, 0.2) is 48.5 Å². The van der Waals surface area contributed by atoms with Crippen molar-refractivity contribution < 1.29 is 31.9 Å². The van der Waals surface area contributed by atoms with E-state index in [1.165, 1.54) is 6.07 Å². The average molecular weight is 523 g/mol. The van der Waals surface area contributed by atoms with Gasteiger partial charge in [-0.15, -0.1) is 0 Å². The number of aromatic hydroxyl groups is 1. The fourth-order valence-electron chi connectivity index (χ4n) is 4.23. The minimum Gasteiger partial charge on any atom is -0.508 e. The van der Waals surface area contributed by atoms with Crippen LogP contribution in [-0.4, -0.2) is 21.0 Å². The van der Waals surface area contributed by atoms with Crippen molar-refractivity contribution in [3.05, 3.63) is 106 Å². The molecule has 0 saturated heterocycles. The standard InChI is InChI=1S/C28H18F5N3O2/c29-22-18(23(30)25(32)26(33)24(22)31)13-21(38)36-28-20(10-6-14-4-2-1-3-5-14)34-27-17-9-8-16(37)12-15(17)7-11-19(27)35-28/h1-6,8-10,12,37H,7,11,13H2,(H,35,36,38). The Morgan fingerprint density at radius 2 is 1.55 bits per heavy atom. The van der Waals surface area contributed by atoms with E-state index < -0.39 is 47.0 Å². The molecule has 0 fully saturated rings. The molecule has 1 heterocycles. The van der Waals surface area contributed by atoms with Gasteiger partial charge in [0.25, 0.3) is 0 Å². The Morgan fingerprint density at radius 1 is 0.868 bits per heavy atom. The lowest BCUT2D eigenvalue weighted by atomic mass is 9.91. The van der Waals surface area contributed by atoms with E-state index in [2.05, 4.69) is 15.3 Å². The number of aromatic nitrogens is 2. The molecule has 1 aromatic heterocycles. The van der Waals surface area contributed by atoms with Crippen molar-refractivity contribution >= 4 is 23.9 Å². The van der Waals surface area contributed by atoms with Gasteiger partial charge in [-0.1, -0.05) is 36.4 Å². The molecule has 0 aliphatic heterocycles. The number of hydrogen-bond donors (Lipinski definition) is 2. The van der Waals surface area contributed by atoms with Gasteiger partial charge in [0, 0.05) is 11.1 Å². The molecule has 0 unspecified atom stereocenters. The molecule has 5 nitrogen and oxygen atoms in total. The van der Waals surface area contributed by atoms with Crippen molar-refractivity contribution in [2.75, 3.05) is 5.32 Å². The molecule has 5 rings (SSSR count). The highest BCUT2D eigenvalue weighted by Crippen LogP contribution is 2.35. The summed E-state index contributed by atoms with van der Waals surface area (Å²) in [5.41, 5.74) is 2.47. The van der Waals surface area contributed by atoms with Crippen LogP contribution in [0.25, 0.3) is 23.4 Å². The first-order valence-electron chi connectivity index (χ1n) is 11.5. The van der Waals surface area contributed by atoms with Crippen molar-refractivity contribution in [1.82, 2.24) is 9.97 Å². The smallest absolute Gasteiger partial charge is 0.230 e. The van der Waals surface area contributed by atoms with E-state index in [-0.39, 0.29) is 17.3 Å². The van der Waals surface area contributed by atoms with Crippen LogP contribution in [-0.2, 0) is 24.1 Å². The van der Waals surface area contributed by atoms with E-state index in [9.17, 15) is 31.9 Å². The number of anilines is 1. The second-order valence-corrected chi connectivity index (χ2v) is 8.61. The van der Waals surface area contributed by atoms with Gasteiger partial charge >= 0.3 is 0 Å². The number of halogens is 5. The van der Waals surface area contributed by atoms with Crippen LogP contribution in [0.3, 0.4) is 0 Å². The Labute approximate surface area is 213 Å². The molecule has 192 valence electrons. The highest BCUT2D eigenvalue weighted by atomic mass is 19.2. The summed E-state index contributed by atoms with van der Waals surface area (Å²) in [5.74, 6) is -11.7. The Bertz CT molecular complexity index is 1580. The molecule has 10 heteroatoms. The first kappa shape index (κ1) is 25.1. The number of rotatable bonds is 5. The summed E-state index contributed by atoms with van der Waals surface area (Å²) in [6, 6.07) is 14.0. The van der Waals surface area contributed by atoms with Crippen LogP contribution in [0.1, 0.15) is 28.1 Å². The minimum atomic E-state index is -2.30. The summed E-state index contributed by atoms with van der Waals surface area (Å²) >= 11 is 0. The van der Waals surface area contributed by atoms with Gasteiger partial charge in [-0.3, -0.25) is 4.79 Å². The molecule has 38 heavy (non-hydrogen) atoms. The molecule has 4 aromatic rings. The number of benzene rings is 3. The third-order valence-corrected chi connectivity index (χ3v) is 6.10. The molecule has 0 atom stereocenters. The molecular weight excluding hydrogens is 505 g/mol. The lowest BCUT2D eigenvalue weighted by molar-refractivity contribution is -0.115. The van der Waals surface area contributed by atoms with Gasteiger partial charge in [-0.2, -0.15) is 0 Å². The maximum Gasteiger partial charge on any atom is 0.230 e. The molecule has 0 saturated carbocycles. The first-order valence-corrected chi connectivity index (χ1v) is 11.5. The summed E-state index contributed by atoms with van der Waals surface area (Å²) in [5, 5.41) is 12.2. The third-order valence-electron chi connectivity index (χ3n) is 6.10. The Balaban J connectivity index is 1.53. The number of carbonyl (C=O) groups is 1. The molecule has 2 N–H and O–H groups in total. The lowest BCUT2D eigenvalue weighted by Crippen LogP contribution is -2.21. The van der Waals surface area contributed by atoms with Crippen LogP contribution in [0.2, 0.25) is 0 Å². The topological polar surface area (TPSA) is 75.1 Å². The van der Waals surface area contributed by atoms with E-state index >= 15 is 0 Å². The SMILES string of the molecule is O=C(Cc1c(F)c(F)c(F)c(F)c1F)Nc1nc2c(nc1C=Cc1ccccc1)-c1ccc(O)cc1CC2. The number of phenols is 1. The van der Waals surface area contributed by atoms with Crippen LogP contribution in [0, 0.1) is 29.1 Å². The van der Waals surface area contributed by atoms with Gasteiger partial charge in [0.15, 0.2) is 29.1 Å². The normalized spacial score (nSPS) is 12.3. The van der Waals surface area contributed by atoms with Crippen molar-refractivity contribution in [2.45, 2.75) is 19.3 Å². The maximum atomic E-state index is 14.1.